The monoisotopic (exact) mass is 263 g/mol. The van der Waals surface area contributed by atoms with Crippen LogP contribution in [-0.2, 0) is 0 Å². The fourth-order valence-corrected chi connectivity index (χ4v) is 2.64. The molecule has 1 saturated carbocycles. The van der Waals surface area contributed by atoms with Crippen LogP contribution in [0.25, 0.3) is 0 Å². The van der Waals surface area contributed by atoms with Crippen LogP contribution < -0.4 is 11.1 Å². The van der Waals surface area contributed by atoms with E-state index in [0.717, 1.165) is 23.5 Å². The van der Waals surface area contributed by atoms with Gasteiger partial charge in [0.1, 0.15) is 10.8 Å². The van der Waals surface area contributed by atoms with E-state index in [4.69, 9.17) is 18.0 Å². The highest BCUT2D eigenvalue weighted by Crippen LogP contribution is 2.51. The molecular formula is C14H21N3S. The molecule has 0 spiro atoms. The van der Waals surface area contributed by atoms with Crippen molar-refractivity contribution in [3.05, 3.63) is 23.4 Å². The van der Waals surface area contributed by atoms with Crippen molar-refractivity contribution in [3.63, 3.8) is 0 Å². The molecule has 4 heteroatoms. The maximum Gasteiger partial charge on any atom is 0.136 e. The van der Waals surface area contributed by atoms with Gasteiger partial charge in [-0.1, -0.05) is 26.1 Å². The third-order valence-electron chi connectivity index (χ3n) is 4.13. The van der Waals surface area contributed by atoms with Crippen LogP contribution in [0.15, 0.2) is 12.3 Å². The number of aromatic nitrogens is 1. The summed E-state index contributed by atoms with van der Waals surface area (Å²) in [6.07, 6.45) is 4.39. The molecule has 0 unspecified atom stereocenters. The zero-order chi connectivity index (χ0) is 13.3. The first-order chi connectivity index (χ1) is 8.46. The predicted molar refractivity (Wildman–Crippen MR) is 79.9 cm³/mol. The van der Waals surface area contributed by atoms with Crippen molar-refractivity contribution in [2.75, 3.05) is 11.9 Å². The zero-order valence-electron chi connectivity index (χ0n) is 11.3. The Balaban J connectivity index is 2.15. The number of thiocarbonyl (C=S) groups is 1. The summed E-state index contributed by atoms with van der Waals surface area (Å²) in [4.78, 5) is 4.79. The highest BCUT2D eigenvalue weighted by molar-refractivity contribution is 7.80. The van der Waals surface area contributed by atoms with E-state index in [1.54, 1.807) is 6.20 Å². The molecule has 3 nitrogen and oxygen atoms in total. The SMILES string of the molecule is Cc1ccnc(NCC2(C(C)C)CC2)c1C(N)=S. The van der Waals surface area contributed by atoms with E-state index in [-0.39, 0.29) is 0 Å². The lowest BCUT2D eigenvalue weighted by Gasteiger charge is -2.21. The number of nitrogens with zero attached hydrogens (tertiary/aromatic N) is 1. The van der Waals surface area contributed by atoms with E-state index in [0.29, 0.717) is 16.3 Å². The van der Waals surface area contributed by atoms with Crippen LogP contribution in [0.3, 0.4) is 0 Å². The Morgan fingerprint density at radius 3 is 2.72 bits per heavy atom. The lowest BCUT2D eigenvalue weighted by atomic mass is 9.92. The maximum absolute atomic E-state index is 5.78. The minimum atomic E-state index is 0.414. The second-order valence-corrected chi connectivity index (χ2v) is 6.03. The molecule has 0 aliphatic heterocycles. The van der Waals surface area contributed by atoms with Gasteiger partial charge < -0.3 is 11.1 Å². The first-order valence-corrected chi connectivity index (χ1v) is 6.86. The van der Waals surface area contributed by atoms with Gasteiger partial charge in [-0.25, -0.2) is 4.98 Å². The van der Waals surface area contributed by atoms with Crippen LogP contribution in [0, 0.1) is 18.3 Å². The van der Waals surface area contributed by atoms with Crippen molar-refractivity contribution in [2.45, 2.75) is 33.6 Å². The molecule has 1 heterocycles. The fraction of sp³-hybridized carbons (Fsp3) is 0.571. The minimum absolute atomic E-state index is 0.414. The summed E-state index contributed by atoms with van der Waals surface area (Å²) < 4.78 is 0. The topological polar surface area (TPSA) is 50.9 Å². The summed E-state index contributed by atoms with van der Waals surface area (Å²) in [6.45, 7) is 7.53. The van der Waals surface area contributed by atoms with Gasteiger partial charge in [0.05, 0.1) is 5.56 Å². The third kappa shape index (κ3) is 2.48. The Hall–Kier alpha value is -1.16. The molecule has 0 atom stereocenters. The van der Waals surface area contributed by atoms with E-state index in [2.05, 4.69) is 24.1 Å². The van der Waals surface area contributed by atoms with Gasteiger partial charge in [-0.3, -0.25) is 0 Å². The van der Waals surface area contributed by atoms with Crippen LogP contribution in [-0.4, -0.2) is 16.5 Å². The summed E-state index contributed by atoms with van der Waals surface area (Å²) in [7, 11) is 0. The van der Waals surface area contributed by atoms with Gasteiger partial charge >= 0.3 is 0 Å². The smallest absolute Gasteiger partial charge is 0.136 e. The molecular weight excluding hydrogens is 242 g/mol. The second kappa shape index (κ2) is 4.84. The number of nitrogens with two attached hydrogens (primary N) is 1. The first kappa shape index (κ1) is 13.3. The molecule has 0 saturated heterocycles. The van der Waals surface area contributed by atoms with E-state index in [9.17, 15) is 0 Å². The molecule has 1 aliphatic rings. The molecule has 1 aromatic heterocycles. The molecule has 0 bridgehead atoms. The Morgan fingerprint density at radius 2 is 2.22 bits per heavy atom. The van der Waals surface area contributed by atoms with Crippen molar-refractivity contribution >= 4 is 23.0 Å². The molecule has 98 valence electrons. The van der Waals surface area contributed by atoms with E-state index in [1.807, 2.05) is 13.0 Å². The summed E-state index contributed by atoms with van der Waals surface area (Å²) in [5.41, 5.74) is 8.18. The van der Waals surface area contributed by atoms with Crippen molar-refractivity contribution in [3.8, 4) is 0 Å². The van der Waals surface area contributed by atoms with Gasteiger partial charge in [-0.05, 0) is 42.7 Å². The average molecular weight is 263 g/mol. The minimum Gasteiger partial charge on any atom is -0.389 e. The average Bonchev–Trinajstić information content (AvgIpc) is 3.06. The number of hydrogen-bond donors (Lipinski definition) is 2. The molecule has 0 amide bonds. The van der Waals surface area contributed by atoms with Crippen molar-refractivity contribution < 1.29 is 0 Å². The highest BCUT2D eigenvalue weighted by Gasteiger charge is 2.45. The van der Waals surface area contributed by atoms with Gasteiger partial charge in [0.25, 0.3) is 0 Å². The van der Waals surface area contributed by atoms with E-state index in [1.165, 1.54) is 12.8 Å². The number of pyridine rings is 1. The Morgan fingerprint density at radius 1 is 1.56 bits per heavy atom. The quantitative estimate of drug-likeness (QED) is 0.802. The molecule has 0 aromatic carbocycles. The van der Waals surface area contributed by atoms with E-state index >= 15 is 0 Å². The standard InChI is InChI=1S/C14H21N3S/c1-9(2)14(5-6-14)8-17-13-11(12(15)18)10(3)4-7-16-13/h4,7,9H,5-6,8H2,1-3H3,(H2,15,18)(H,16,17). The summed E-state index contributed by atoms with van der Waals surface area (Å²) in [5.74, 6) is 1.53. The van der Waals surface area contributed by atoms with Gasteiger partial charge in [0.2, 0.25) is 0 Å². The molecule has 18 heavy (non-hydrogen) atoms. The van der Waals surface area contributed by atoms with Crippen LogP contribution in [0.4, 0.5) is 5.82 Å². The Bertz CT molecular complexity index is 464. The Kier molecular flexibility index (Phi) is 3.57. The summed E-state index contributed by atoms with van der Waals surface area (Å²) in [5, 5.41) is 3.44. The number of anilines is 1. The van der Waals surface area contributed by atoms with Crippen molar-refractivity contribution in [1.82, 2.24) is 4.98 Å². The van der Waals surface area contributed by atoms with Gasteiger partial charge in [-0.2, -0.15) is 0 Å². The van der Waals surface area contributed by atoms with Gasteiger partial charge in [0, 0.05) is 12.7 Å². The molecule has 1 fully saturated rings. The van der Waals surface area contributed by atoms with Crippen LogP contribution in [0.5, 0.6) is 0 Å². The number of aryl methyl sites for hydroxylation is 1. The Labute approximate surface area is 114 Å². The summed E-state index contributed by atoms with van der Waals surface area (Å²) >= 11 is 5.11. The summed E-state index contributed by atoms with van der Waals surface area (Å²) in [6, 6.07) is 1.94. The van der Waals surface area contributed by atoms with Crippen molar-refractivity contribution in [2.24, 2.45) is 17.1 Å². The van der Waals surface area contributed by atoms with E-state index < -0.39 is 0 Å². The molecule has 3 N–H and O–H groups in total. The maximum atomic E-state index is 5.78. The zero-order valence-corrected chi connectivity index (χ0v) is 12.1. The number of rotatable bonds is 5. The second-order valence-electron chi connectivity index (χ2n) is 5.59. The number of nitrogens with one attached hydrogen (secondary N) is 1. The highest BCUT2D eigenvalue weighted by atomic mass is 32.1. The molecule has 2 rings (SSSR count). The largest absolute Gasteiger partial charge is 0.389 e. The van der Waals surface area contributed by atoms with Crippen LogP contribution in [0.2, 0.25) is 0 Å². The first-order valence-electron chi connectivity index (χ1n) is 6.45. The normalized spacial score (nSPS) is 16.7. The van der Waals surface area contributed by atoms with Crippen molar-refractivity contribution in [1.29, 1.82) is 0 Å². The lowest BCUT2D eigenvalue weighted by Crippen LogP contribution is -2.23. The van der Waals surface area contributed by atoms with Crippen LogP contribution in [0.1, 0.15) is 37.8 Å². The lowest BCUT2D eigenvalue weighted by molar-refractivity contribution is 0.380. The molecule has 0 radical (unpaired) electrons. The van der Waals surface area contributed by atoms with Gasteiger partial charge in [-0.15, -0.1) is 0 Å². The molecule has 1 aliphatic carbocycles. The molecule has 1 aromatic rings. The van der Waals surface area contributed by atoms with Gasteiger partial charge in [0.15, 0.2) is 0 Å². The van der Waals surface area contributed by atoms with Crippen LogP contribution >= 0.6 is 12.2 Å². The number of hydrogen-bond acceptors (Lipinski definition) is 3. The predicted octanol–water partition coefficient (Wildman–Crippen LogP) is 2.87. The fourth-order valence-electron chi connectivity index (χ4n) is 2.38. The third-order valence-corrected chi connectivity index (χ3v) is 4.33.